The van der Waals surface area contributed by atoms with Gasteiger partial charge in [-0.1, -0.05) is 81.4 Å². The lowest BCUT2D eigenvalue weighted by atomic mass is 10.1. The number of benzene rings is 3. The summed E-state index contributed by atoms with van der Waals surface area (Å²) in [5.74, 6) is -0.113. The average molecular weight is 451 g/mol. The topological polar surface area (TPSA) is 65.0 Å². The second-order valence-corrected chi connectivity index (χ2v) is 12.9. The van der Waals surface area contributed by atoms with Gasteiger partial charge in [-0.05, 0) is 22.3 Å². The first-order valence-electron chi connectivity index (χ1n) is 10.5. The van der Waals surface area contributed by atoms with E-state index in [4.69, 9.17) is 13.9 Å². The van der Waals surface area contributed by atoms with Crippen LogP contribution in [0.1, 0.15) is 36.7 Å². The summed E-state index contributed by atoms with van der Waals surface area (Å²) in [7, 11) is -0.215. The summed E-state index contributed by atoms with van der Waals surface area (Å²) in [5.41, 5.74) is 0.544. The number of carbonyl (C=O) groups excluding carboxylic acids is 1. The highest BCUT2D eigenvalue weighted by Gasteiger charge is 2.52. The molecule has 0 amide bonds. The first-order valence-corrected chi connectivity index (χ1v) is 12.4. The maximum Gasteiger partial charge on any atom is 0.342 e. The third-order valence-corrected chi connectivity index (χ3v) is 10.7. The van der Waals surface area contributed by atoms with Gasteiger partial charge in [0, 0.05) is 11.6 Å². The van der Waals surface area contributed by atoms with Crippen LogP contribution in [0.5, 0.6) is 17.2 Å². The van der Waals surface area contributed by atoms with Gasteiger partial charge in [0.05, 0.1) is 14.2 Å². The predicted octanol–water partition coefficient (Wildman–Crippen LogP) is 4.43. The lowest BCUT2D eigenvalue weighted by molar-refractivity contribution is 0.0597. The van der Waals surface area contributed by atoms with E-state index in [1.807, 2.05) is 36.4 Å². The van der Waals surface area contributed by atoms with Gasteiger partial charge in [-0.3, -0.25) is 0 Å². The van der Waals surface area contributed by atoms with E-state index in [1.54, 1.807) is 13.0 Å². The van der Waals surface area contributed by atoms with Crippen molar-refractivity contribution in [3.8, 4) is 17.2 Å². The highest BCUT2D eigenvalue weighted by molar-refractivity contribution is 7.00. The van der Waals surface area contributed by atoms with E-state index in [2.05, 4.69) is 45.0 Å². The molecule has 0 aliphatic carbocycles. The number of methoxy groups -OCH3 is 2. The molecular formula is C26H30O5Si. The molecule has 0 spiro atoms. The summed E-state index contributed by atoms with van der Waals surface area (Å²) in [4.78, 5) is 12.8. The molecule has 0 aliphatic rings. The zero-order valence-electron chi connectivity index (χ0n) is 19.4. The molecule has 5 nitrogen and oxygen atoms in total. The van der Waals surface area contributed by atoms with E-state index in [1.165, 1.54) is 14.2 Å². The number of hydrogen-bond donors (Lipinski definition) is 1. The zero-order chi connectivity index (χ0) is 23.5. The van der Waals surface area contributed by atoms with E-state index >= 15 is 0 Å². The van der Waals surface area contributed by atoms with E-state index in [0.29, 0.717) is 11.3 Å². The molecule has 0 saturated carbocycles. The first kappa shape index (κ1) is 23.4. The Morgan fingerprint density at radius 1 is 0.875 bits per heavy atom. The van der Waals surface area contributed by atoms with Crippen molar-refractivity contribution in [2.45, 2.75) is 32.7 Å². The SMILES string of the molecule is COC(=O)c1c(O[Si](c2ccccc2)(c2ccccc2)C(C)(C)C)cc(OC)c(O)c1C. The minimum Gasteiger partial charge on any atom is -0.533 e. The van der Waals surface area contributed by atoms with E-state index < -0.39 is 14.3 Å². The van der Waals surface area contributed by atoms with Crippen molar-refractivity contribution in [2.24, 2.45) is 0 Å². The van der Waals surface area contributed by atoms with Gasteiger partial charge in [-0.25, -0.2) is 4.79 Å². The van der Waals surface area contributed by atoms with E-state index in [-0.39, 0.29) is 22.1 Å². The highest BCUT2D eigenvalue weighted by Crippen LogP contribution is 2.43. The molecule has 0 radical (unpaired) electrons. The molecule has 0 heterocycles. The molecule has 32 heavy (non-hydrogen) atoms. The Kier molecular flexibility index (Phi) is 6.65. The quantitative estimate of drug-likeness (QED) is 0.444. The number of phenolic OH excluding ortho intramolecular Hbond substituents is 1. The van der Waals surface area contributed by atoms with Crippen molar-refractivity contribution >= 4 is 24.7 Å². The Bertz CT molecular complexity index is 1050. The maximum atomic E-state index is 12.8. The molecule has 0 unspecified atom stereocenters. The lowest BCUT2D eigenvalue weighted by Crippen LogP contribution is -2.69. The minimum absolute atomic E-state index is 0.109. The maximum absolute atomic E-state index is 12.8. The van der Waals surface area contributed by atoms with Crippen LogP contribution in [-0.2, 0) is 4.74 Å². The Morgan fingerprint density at radius 3 is 1.78 bits per heavy atom. The van der Waals surface area contributed by atoms with Crippen molar-refractivity contribution in [3.05, 3.63) is 77.9 Å². The largest absolute Gasteiger partial charge is 0.533 e. The number of carbonyl (C=O) groups is 1. The Hall–Kier alpha value is -3.25. The third-order valence-electron chi connectivity index (χ3n) is 5.76. The molecule has 0 fully saturated rings. The van der Waals surface area contributed by atoms with Crippen molar-refractivity contribution in [1.82, 2.24) is 0 Å². The van der Waals surface area contributed by atoms with Gasteiger partial charge in [0.25, 0.3) is 0 Å². The monoisotopic (exact) mass is 450 g/mol. The van der Waals surface area contributed by atoms with Crippen LogP contribution in [0, 0.1) is 6.92 Å². The minimum atomic E-state index is -3.00. The fraction of sp³-hybridized carbons (Fsp3) is 0.269. The number of rotatable bonds is 6. The molecule has 0 aliphatic heterocycles. The van der Waals surface area contributed by atoms with Crippen molar-refractivity contribution in [2.75, 3.05) is 14.2 Å². The fourth-order valence-electron chi connectivity index (χ4n) is 4.15. The number of hydrogen-bond acceptors (Lipinski definition) is 5. The Balaban J connectivity index is 2.39. The third kappa shape index (κ3) is 3.98. The van der Waals surface area contributed by atoms with Gasteiger partial charge >= 0.3 is 14.3 Å². The van der Waals surface area contributed by atoms with Crippen LogP contribution in [0.4, 0.5) is 0 Å². The molecule has 6 heteroatoms. The number of ether oxygens (including phenoxy) is 2. The average Bonchev–Trinajstić information content (AvgIpc) is 2.79. The van der Waals surface area contributed by atoms with Gasteiger partial charge in [0.1, 0.15) is 11.3 Å². The molecule has 0 atom stereocenters. The number of aromatic hydroxyl groups is 1. The van der Waals surface area contributed by atoms with E-state index in [9.17, 15) is 9.90 Å². The summed E-state index contributed by atoms with van der Waals surface area (Å²) >= 11 is 0. The van der Waals surface area contributed by atoms with Crippen LogP contribution in [0.2, 0.25) is 5.04 Å². The van der Waals surface area contributed by atoms with E-state index in [0.717, 1.165) is 10.4 Å². The molecule has 168 valence electrons. The lowest BCUT2D eigenvalue weighted by Gasteiger charge is -2.43. The summed E-state index contributed by atoms with van der Waals surface area (Å²) in [5, 5.41) is 12.4. The zero-order valence-corrected chi connectivity index (χ0v) is 20.4. The van der Waals surface area contributed by atoms with Crippen molar-refractivity contribution < 1.29 is 23.8 Å². The number of phenols is 1. The molecular weight excluding hydrogens is 420 g/mol. The molecule has 0 aromatic heterocycles. The van der Waals surface area contributed by atoms with Gasteiger partial charge in [-0.15, -0.1) is 0 Å². The van der Waals surface area contributed by atoms with Crippen molar-refractivity contribution in [1.29, 1.82) is 0 Å². The predicted molar refractivity (Wildman–Crippen MR) is 129 cm³/mol. The summed E-state index contributed by atoms with van der Waals surface area (Å²) in [6.07, 6.45) is 0. The van der Waals surface area contributed by atoms with Crippen LogP contribution < -0.4 is 19.5 Å². The standard InChI is InChI=1S/C26H30O5Si/c1-18-23(25(28)30-6)21(17-22(29-5)24(18)27)31-32(26(2,3)4,19-13-9-7-10-14-19)20-15-11-8-12-16-20/h7-17,27H,1-6H3. The van der Waals surface area contributed by atoms with Gasteiger partial charge < -0.3 is 19.0 Å². The summed E-state index contributed by atoms with van der Waals surface area (Å²) in [6, 6.07) is 21.8. The van der Waals surface area contributed by atoms with Crippen LogP contribution in [-0.4, -0.2) is 33.6 Å². The van der Waals surface area contributed by atoms with Gasteiger partial charge in [0.15, 0.2) is 11.5 Å². The van der Waals surface area contributed by atoms with Crippen molar-refractivity contribution in [3.63, 3.8) is 0 Å². The Labute approximate surface area is 190 Å². The summed E-state index contributed by atoms with van der Waals surface area (Å²) < 4.78 is 17.4. The molecule has 3 aromatic rings. The Morgan fingerprint density at radius 2 is 1.38 bits per heavy atom. The molecule has 0 bridgehead atoms. The van der Waals surface area contributed by atoms with Crippen LogP contribution in [0.3, 0.4) is 0 Å². The second-order valence-electron chi connectivity index (χ2n) is 8.68. The van der Waals surface area contributed by atoms with Gasteiger partial charge in [0.2, 0.25) is 0 Å². The molecule has 1 N–H and O–H groups in total. The van der Waals surface area contributed by atoms with Crippen LogP contribution in [0.25, 0.3) is 0 Å². The second kappa shape index (κ2) is 9.08. The fourth-order valence-corrected chi connectivity index (χ4v) is 8.58. The first-order chi connectivity index (χ1) is 15.2. The van der Waals surface area contributed by atoms with Gasteiger partial charge in [-0.2, -0.15) is 0 Å². The van der Waals surface area contributed by atoms with Crippen LogP contribution >= 0.6 is 0 Å². The summed E-state index contributed by atoms with van der Waals surface area (Å²) in [6.45, 7) is 8.12. The molecule has 3 aromatic carbocycles. The smallest absolute Gasteiger partial charge is 0.342 e. The highest BCUT2D eigenvalue weighted by atomic mass is 28.4. The molecule has 3 rings (SSSR count). The molecule has 0 saturated heterocycles. The normalized spacial score (nSPS) is 11.7. The number of esters is 1. The van der Waals surface area contributed by atoms with Crippen LogP contribution in [0.15, 0.2) is 66.7 Å².